The Hall–Kier alpha value is -2.69. The van der Waals surface area contributed by atoms with E-state index in [1.54, 1.807) is 0 Å². The first-order chi connectivity index (χ1) is 9.81. The summed E-state index contributed by atoms with van der Waals surface area (Å²) in [6.07, 6.45) is 3.19. The fraction of sp³-hybridized carbons (Fsp3) is 0.133. The maximum absolute atomic E-state index is 5.19. The van der Waals surface area contributed by atoms with E-state index in [2.05, 4.69) is 26.6 Å². The molecule has 0 atom stereocenters. The highest BCUT2D eigenvalue weighted by atomic mass is 16.4. The van der Waals surface area contributed by atoms with Crippen molar-refractivity contribution in [3.8, 4) is 11.5 Å². The van der Waals surface area contributed by atoms with Crippen LogP contribution in [0.3, 0.4) is 0 Å². The van der Waals surface area contributed by atoms with E-state index in [9.17, 15) is 0 Å². The van der Waals surface area contributed by atoms with Crippen molar-refractivity contribution in [3.63, 3.8) is 0 Å². The van der Waals surface area contributed by atoms with Crippen LogP contribution >= 0.6 is 0 Å². The molecule has 100 valence electrons. The van der Waals surface area contributed by atoms with Crippen molar-refractivity contribution in [1.82, 2.24) is 15.2 Å². The minimum Gasteiger partial charge on any atom is -0.423 e. The van der Waals surface area contributed by atoms with Gasteiger partial charge in [-0.1, -0.05) is 12.1 Å². The van der Waals surface area contributed by atoms with Gasteiger partial charge in [0.25, 0.3) is 0 Å². The van der Waals surface area contributed by atoms with Crippen molar-refractivity contribution < 1.29 is 4.42 Å². The number of hydrogen-bond donors (Lipinski definition) is 1. The summed E-state index contributed by atoms with van der Waals surface area (Å²) in [5.41, 5.74) is 4.04. The molecule has 5 nitrogen and oxygen atoms in total. The van der Waals surface area contributed by atoms with Gasteiger partial charge in [0.15, 0.2) is 0 Å². The fourth-order valence-electron chi connectivity index (χ4n) is 1.86. The second-order valence-corrected chi connectivity index (χ2v) is 4.51. The predicted molar refractivity (Wildman–Crippen MR) is 76.0 cm³/mol. The quantitative estimate of drug-likeness (QED) is 0.786. The van der Waals surface area contributed by atoms with Crippen molar-refractivity contribution in [2.75, 3.05) is 5.32 Å². The lowest BCUT2D eigenvalue weighted by atomic mass is 10.2. The number of nitrogens with one attached hydrogen (secondary N) is 1. The first kappa shape index (κ1) is 12.3. The zero-order valence-electron chi connectivity index (χ0n) is 11.1. The van der Waals surface area contributed by atoms with Crippen molar-refractivity contribution in [2.45, 2.75) is 13.5 Å². The Morgan fingerprint density at radius 2 is 2.15 bits per heavy atom. The Morgan fingerprint density at radius 3 is 2.90 bits per heavy atom. The molecule has 0 amide bonds. The van der Waals surface area contributed by atoms with Gasteiger partial charge in [-0.25, -0.2) is 0 Å². The largest absolute Gasteiger partial charge is 0.423 e. The second kappa shape index (κ2) is 5.52. The first-order valence-corrected chi connectivity index (χ1v) is 6.33. The third kappa shape index (κ3) is 2.83. The molecule has 2 aromatic heterocycles. The number of aryl methyl sites for hydroxylation is 1. The molecule has 0 fully saturated rings. The molecule has 0 saturated carbocycles. The van der Waals surface area contributed by atoms with E-state index in [1.165, 1.54) is 6.39 Å². The van der Waals surface area contributed by atoms with Gasteiger partial charge in [-0.05, 0) is 36.8 Å². The van der Waals surface area contributed by atoms with Crippen LogP contribution in [0.2, 0.25) is 0 Å². The molecule has 3 aromatic rings. The Labute approximate surface area is 116 Å². The molecule has 0 bridgehead atoms. The summed E-state index contributed by atoms with van der Waals surface area (Å²) in [5.74, 6) is 0.516. The summed E-state index contributed by atoms with van der Waals surface area (Å²) in [5, 5.41) is 10.9. The molecule has 0 aliphatic rings. The van der Waals surface area contributed by atoms with Crippen molar-refractivity contribution in [2.24, 2.45) is 0 Å². The Kier molecular flexibility index (Phi) is 3.41. The number of aromatic nitrogens is 3. The highest BCUT2D eigenvalue weighted by Crippen LogP contribution is 2.20. The normalized spacial score (nSPS) is 10.4. The molecule has 0 spiro atoms. The molecule has 1 aromatic carbocycles. The zero-order valence-corrected chi connectivity index (χ0v) is 11.1. The van der Waals surface area contributed by atoms with E-state index < -0.39 is 0 Å². The maximum atomic E-state index is 5.19. The molecule has 0 aliphatic heterocycles. The monoisotopic (exact) mass is 266 g/mol. The van der Waals surface area contributed by atoms with Crippen molar-refractivity contribution in [1.29, 1.82) is 0 Å². The van der Waals surface area contributed by atoms with Crippen molar-refractivity contribution >= 4 is 5.69 Å². The zero-order chi connectivity index (χ0) is 13.8. The average Bonchev–Trinajstić information content (AvgIpc) is 3.01. The highest BCUT2D eigenvalue weighted by molar-refractivity contribution is 5.60. The summed E-state index contributed by atoms with van der Waals surface area (Å²) in [4.78, 5) is 4.36. The van der Waals surface area contributed by atoms with Crippen LogP contribution in [0.15, 0.2) is 53.4 Å². The van der Waals surface area contributed by atoms with Gasteiger partial charge in [-0.3, -0.25) is 4.98 Å². The van der Waals surface area contributed by atoms with Gasteiger partial charge in [0.2, 0.25) is 12.3 Å². The number of pyridine rings is 1. The number of hydrogen-bond acceptors (Lipinski definition) is 5. The molecule has 0 unspecified atom stereocenters. The van der Waals surface area contributed by atoms with Crippen LogP contribution in [-0.4, -0.2) is 15.2 Å². The van der Waals surface area contributed by atoms with Gasteiger partial charge in [-0.15, -0.1) is 10.2 Å². The van der Waals surface area contributed by atoms with Crippen molar-refractivity contribution in [3.05, 3.63) is 60.2 Å². The van der Waals surface area contributed by atoms with E-state index in [4.69, 9.17) is 4.42 Å². The Morgan fingerprint density at radius 1 is 1.20 bits per heavy atom. The third-order valence-electron chi connectivity index (χ3n) is 2.92. The van der Waals surface area contributed by atoms with Gasteiger partial charge in [0.1, 0.15) is 0 Å². The van der Waals surface area contributed by atoms with Crippen LogP contribution in [0, 0.1) is 6.92 Å². The molecule has 20 heavy (non-hydrogen) atoms. The summed E-state index contributed by atoms with van der Waals surface area (Å²) < 4.78 is 5.19. The number of anilines is 1. The molecule has 0 saturated heterocycles. The molecule has 3 rings (SSSR count). The van der Waals surface area contributed by atoms with E-state index in [0.29, 0.717) is 12.4 Å². The van der Waals surface area contributed by atoms with Crippen LogP contribution in [0.25, 0.3) is 11.5 Å². The lowest BCUT2D eigenvalue weighted by molar-refractivity contribution is 0.568. The SMILES string of the molecule is Cc1ccc(CNc2cccc(-c3nnco3)c2)nc1. The average molecular weight is 266 g/mol. The minimum atomic E-state index is 0.516. The molecule has 1 N–H and O–H groups in total. The first-order valence-electron chi connectivity index (χ1n) is 6.33. The van der Waals surface area contributed by atoms with Gasteiger partial charge in [0.05, 0.1) is 12.2 Å². The highest BCUT2D eigenvalue weighted by Gasteiger charge is 2.04. The second-order valence-electron chi connectivity index (χ2n) is 4.51. The summed E-state index contributed by atoms with van der Waals surface area (Å²) in [7, 11) is 0. The number of rotatable bonds is 4. The lowest BCUT2D eigenvalue weighted by Crippen LogP contribution is -2.01. The van der Waals surface area contributed by atoms with Gasteiger partial charge in [0, 0.05) is 17.4 Å². The van der Waals surface area contributed by atoms with E-state index in [1.807, 2.05) is 43.5 Å². The summed E-state index contributed by atoms with van der Waals surface area (Å²) in [6, 6.07) is 11.9. The van der Waals surface area contributed by atoms with Crippen LogP contribution in [-0.2, 0) is 6.54 Å². The third-order valence-corrected chi connectivity index (χ3v) is 2.92. The standard InChI is InChI=1S/C15H14N4O/c1-11-5-6-14(16-8-11)9-17-13-4-2-3-12(7-13)15-19-18-10-20-15/h2-8,10,17H,9H2,1H3. The van der Waals surface area contributed by atoms with Crippen LogP contribution in [0.5, 0.6) is 0 Å². The predicted octanol–water partition coefficient (Wildman–Crippen LogP) is 3.05. The molecule has 0 radical (unpaired) electrons. The summed E-state index contributed by atoms with van der Waals surface area (Å²) in [6.45, 7) is 2.70. The number of benzene rings is 1. The number of nitrogens with zero attached hydrogens (tertiary/aromatic N) is 3. The molecule has 5 heteroatoms. The van der Waals surface area contributed by atoms with Crippen LogP contribution < -0.4 is 5.32 Å². The Balaban J connectivity index is 1.72. The van der Waals surface area contributed by atoms with Crippen LogP contribution in [0.1, 0.15) is 11.3 Å². The molecular weight excluding hydrogens is 252 g/mol. The van der Waals surface area contributed by atoms with Crippen LogP contribution in [0.4, 0.5) is 5.69 Å². The van der Waals surface area contributed by atoms with E-state index in [0.717, 1.165) is 22.5 Å². The van der Waals surface area contributed by atoms with Gasteiger partial charge in [-0.2, -0.15) is 0 Å². The molecule has 2 heterocycles. The minimum absolute atomic E-state index is 0.516. The smallest absolute Gasteiger partial charge is 0.247 e. The fourth-order valence-corrected chi connectivity index (χ4v) is 1.86. The maximum Gasteiger partial charge on any atom is 0.247 e. The molecular formula is C15H14N4O. The van der Waals surface area contributed by atoms with E-state index >= 15 is 0 Å². The lowest BCUT2D eigenvalue weighted by Gasteiger charge is -2.07. The van der Waals surface area contributed by atoms with Gasteiger partial charge >= 0.3 is 0 Å². The van der Waals surface area contributed by atoms with Gasteiger partial charge < -0.3 is 9.73 Å². The molecule has 0 aliphatic carbocycles. The topological polar surface area (TPSA) is 63.8 Å². The van der Waals surface area contributed by atoms with E-state index in [-0.39, 0.29) is 0 Å². The Bertz CT molecular complexity index is 677. The summed E-state index contributed by atoms with van der Waals surface area (Å²) >= 11 is 0.